The number of unbranched alkanes of at least 4 members (excludes halogenated alkanes) is 37. The van der Waals surface area contributed by atoms with Crippen LogP contribution < -0.4 is 0 Å². The molecule has 376 valence electrons. The second-order valence-corrected chi connectivity index (χ2v) is 19.2. The van der Waals surface area contributed by atoms with Gasteiger partial charge in [0.15, 0.2) is 6.10 Å². The van der Waals surface area contributed by atoms with Crippen molar-refractivity contribution < 1.29 is 28.6 Å². The highest BCUT2D eigenvalue weighted by Crippen LogP contribution is 2.17. The first-order valence-electron chi connectivity index (χ1n) is 28.3. The number of hydrogen-bond acceptors (Lipinski definition) is 6. The number of ether oxygens (including phenoxy) is 3. The molecule has 0 aliphatic carbocycles. The number of esters is 3. The maximum absolute atomic E-state index is 12.8. The minimum atomic E-state index is -0.771. The molecule has 0 aliphatic heterocycles. The minimum Gasteiger partial charge on any atom is -0.462 e. The molecule has 1 atom stereocenters. The molecule has 0 fully saturated rings. The molecule has 0 aliphatic rings. The summed E-state index contributed by atoms with van der Waals surface area (Å²) in [4.78, 5) is 38.1. The van der Waals surface area contributed by atoms with Gasteiger partial charge in [-0.05, 0) is 44.9 Å². The first-order valence-corrected chi connectivity index (χ1v) is 28.3. The maximum atomic E-state index is 12.8. The highest BCUT2D eigenvalue weighted by Gasteiger charge is 2.19. The van der Waals surface area contributed by atoms with Crippen LogP contribution in [0.4, 0.5) is 0 Å². The summed E-state index contributed by atoms with van der Waals surface area (Å²) in [6, 6.07) is 0. The van der Waals surface area contributed by atoms with Gasteiger partial charge in [-0.15, -0.1) is 0 Å². The maximum Gasteiger partial charge on any atom is 0.306 e. The van der Waals surface area contributed by atoms with E-state index in [4.69, 9.17) is 14.2 Å². The second-order valence-electron chi connectivity index (χ2n) is 19.2. The molecule has 0 spiro atoms. The van der Waals surface area contributed by atoms with Crippen molar-refractivity contribution in [2.24, 2.45) is 0 Å². The van der Waals surface area contributed by atoms with Crippen molar-refractivity contribution >= 4 is 17.9 Å². The molecule has 0 N–H and O–H groups in total. The van der Waals surface area contributed by atoms with E-state index < -0.39 is 6.10 Å². The van der Waals surface area contributed by atoms with Crippen molar-refractivity contribution in [3.8, 4) is 0 Å². The van der Waals surface area contributed by atoms with Crippen molar-refractivity contribution in [3.05, 3.63) is 24.3 Å². The molecule has 0 rings (SSSR count). The van der Waals surface area contributed by atoms with Crippen molar-refractivity contribution in [2.75, 3.05) is 13.2 Å². The van der Waals surface area contributed by atoms with Crippen LogP contribution in [-0.4, -0.2) is 37.2 Å². The Morgan fingerprint density at radius 1 is 0.312 bits per heavy atom. The fourth-order valence-electron chi connectivity index (χ4n) is 8.40. The molecule has 64 heavy (non-hydrogen) atoms. The van der Waals surface area contributed by atoms with E-state index in [1.54, 1.807) is 0 Å². The molecule has 0 heterocycles. The Kier molecular flexibility index (Phi) is 51.7. The van der Waals surface area contributed by atoms with E-state index in [-0.39, 0.29) is 31.1 Å². The topological polar surface area (TPSA) is 78.9 Å². The average Bonchev–Trinajstić information content (AvgIpc) is 3.29. The third kappa shape index (κ3) is 50.9. The number of rotatable bonds is 52. The molecule has 1 unspecified atom stereocenters. The van der Waals surface area contributed by atoms with Gasteiger partial charge in [0.1, 0.15) is 13.2 Å². The van der Waals surface area contributed by atoms with E-state index in [9.17, 15) is 14.4 Å². The zero-order valence-corrected chi connectivity index (χ0v) is 43.1. The Morgan fingerprint density at radius 3 is 0.906 bits per heavy atom. The third-order valence-electron chi connectivity index (χ3n) is 12.7. The Labute approximate surface area is 398 Å². The molecule has 6 nitrogen and oxygen atoms in total. The van der Waals surface area contributed by atoms with Crippen molar-refractivity contribution in [1.82, 2.24) is 0 Å². The van der Waals surface area contributed by atoms with Crippen molar-refractivity contribution in [1.29, 1.82) is 0 Å². The van der Waals surface area contributed by atoms with Crippen molar-refractivity contribution in [2.45, 2.75) is 316 Å². The molecular weight excluding hydrogens is 793 g/mol. The van der Waals surface area contributed by atoms with Crippen LogP contribution in [0.15, 0.2) is 24.3 Å². The van der Waals surface area contributed by atoms with Crippen LogP contribution in [0.25, 0.3) is 0 Å². The van der Waals surface area contributed by atoms with E-state index in [1.165, 1.54) is 193 Å². The van der Waals surface area contributed by atoms with Crippen LogP contribution in [0, 0.1) is 0 Å². The summed E-state index contributed by atoms with van der Waals surface area (Å²) in [5.41, 5.74) is 0. The molecule has 0 radical (unpaired) electrons. The first-order chi connectivity index (χ1) is 31.5. The predicted molar refractivity (Wildman–Crippen MR) is 275 cm³/mol. The Hall–Kier alpha value is -2.11. The van der Waals surface area contributed by atoms with Gasteiger partial charge in [0.2, 0.25) is 0 Å². The van der Waals surface area contributed by atoms with Gasteiger partial charge in [-0.25, -0.2) is 0 Å². The molecule has 0 aromatic heterocycles. The van der Waals surface area contributed by atoms with E-state index in [0.717, 1.165) is 77.0 Å². The lowest BCUT2D eigenvalue weighted by Crippen LogP contribution is -2.30. The molecule has 0 saturated heterocycles. The van der Waals surface area contributed by atoms with E-state index >= 15 is 0 Å². The lowest BCUT2D eigenvalue weighted by molar-refractivity contribution is -0.167. The zero-order chi connectivity index (χ0) is 46.5. The van der Waals surface area contributed by atoms with Crippen LogP contribution in [0.3, 0.4) is 0 Å². The van der Waals surface area contributed by atoms with E-state index in [1.807, 2.05) is 0 Å². The number of hydrogen-bond donors (Lipinski definition) is 0. The number of carbonyl (C=O) groups is 3. The fraction of sp³-hybridized carbons (Fsp3) is 0.879. The Balaban J connectivity index is 4.33. The Morgan fingerprint density at radius 2 is 0.578 bits per heavy atom. The van der Waals surface area contributed by atoms with Crippen LogP contribution in [-0.2, 0) is 28.6 Å². The number of carbonyl (C=O) groups excluding carboxylic acids is 3. The van der Waals surface area contributed by atoms with Gasteiger partial charge < -0.3 is 14.2 Å². The third-order valence-corrected chi connectivity index (χ3v) is 12.7. The minimum absolute atomic E-state index is 0.0702. The summed E-state index contributed by atoms with van der Waals surface area (Å²) in [6.07, 6.45) is 61.6. The average molecular weight is 901 g/mol. The quantitative estimate of drug-likeness (QED) is 0.0262. The van der Waals surface area contributed by atoms with Crippen LogP contribution in [0.1, 0.15) is 310 Å². The molecule has 0 saturated carbocycles. The van der Waals surface area contributed by atoms with Crippen LogP contribution >= 0.6 is 0 Å². The summed E-state index contributed by atoms with van der Waals surface area (Å²) < 4.78 is 16.9. The van der Waals surface area contributed by atoms with E-state index in [2.05, 4.69) is 45.1 Å². The number of allylic oxidation sites excluding steroid dienone is 4. The highest BCUT2D eigenvalue weighted by atomic mass is 16.6. The van der Waals surface area contributed by atoms with Crippen LogP contribution in [0.5, 0.6) is 0 Å². The van der Waals surface area contributed by atoms with Gasteiger partial charge in [0, 0.05) is 19.3 Å². The molecule has 0 aromatic rings. The summed E-state index contributed by atoms with van der Waals surface area (Å²) in [6.45, 7) is 6.64. The summed E-state index contributed by atoms with van der Waals surface area (Å²) in [5, 5.41) is 0. The summed E-state index contributed by atoms with van der Waals surface area (Å²) in [7, 11) is 0. The van der Waals surface area contributed by atoms with Gasteiger partial charge in [-0.2, -0.15) is 0 Å². The molecule has 0 amide bonds. The summed E-state index contributed by atoms with van der Waals surface area (Å²) in [5.74, 6) is -0.864. The molecular formula is C58H108O6. The van der Waals surface area contributed by atoms with Gasteiger partial charge in [0.05, 0.1) is 0 Å². The largest absolute Gasteiger partial charge is 0.462 e. The molecule has 0 aromatic carbocycles. The zero-order valence-electron chi connectivity index (χ0n) is 43.1. The predicted octanol–water partition coefficient (Wildman–Crippen LogP) is 18.7. The normalized spacial score (nSPS) is 12.1. The van der Waals surface area contributed by atoms with Crippen LogP contribution in [0.2, 0.25) is 0 Å². The Bertz CT molecular complexity index is 1040. The lowest BCUT2D eigenvalue weighted by atomic mass is 10.0. The van der Waals surface area contributed by atoms with Crippen molar-refractivity contribution in [3.63, 3.8) is 0 Å². The standard InChI is InChI=1S/C58H108O6/c1-4-7-10-13-16-19-22-25-28-29-31-33-36-39-42-45-48-51-57(60)63-54-55(53-62-56(59)50-47-44-41-38-35-32-27-24-21-18-15-12-9-6-3)64-58(61)52-49-46-43-40-37-34-30-26-23-20-17-14-11-8-5-2/h15,18,24,27,55H,4-14,16-17,19-23,25-26,28-54H2,1-3H3/b18-15-,27-24-. The monoisotopic (exact) mass is 901 g/mol. The highest BCUT2D eigenvalue weighted by molar-refractivity contribution is 5.71. The van der Waals surface area contributed by atoms with Gasteiger partial charge in [-0.3, -0.25) is 14.4 Å². The van der Waals surface area contributed by atoms with E-state index in [0.29, 0.717) is 19.3 Å². The van der Waals surface area contributed by atoms with Gasteiger partial charge in [-0.1, -0.05) is 270 Å². The smallest absolute Gasteiger partial charge is 0.306 e. The van der Waals surface area contributed by atoms with Gasteiger partial charge in [0.25, 0.3) is 0 Å². The summed E-state index contributed by atoms with van der Waals surface area (Å²) >= 11 is 0. The SMILES string of the molecule is CCCC/C=C\C/C=C\CCCCCCCC(=O)OCC(COC(=O)CCCCCCCCCCCCCCCCCCC)OC(=O)CCCCCCCCCCCCCCCCC. The lowest BCUT2D eigenvalue weighted by Gasteiger charge is -2.18. The molecule has 6 heteroatoms. The first kappa shape index (κ1) is 61.9. The second kappa shape index (κ2) is 53.5. The fourth-order valence-corrected chi connectivity index (χ4v) is 8.40. The molecule has 0 bridgehead atoms. The van der Waals surface area contributed by atoms with Gasteiger partial charge >= 0.3 is 17.9 Å².